The maximum absolute atomic E-state index is 11.9. The van der Waals surface area contributed by atoms with Gasteiger partial charge in [-0.1, -0.05) is 0 Å². The lowest BCUT2D eigenvalue weighted by Gasteiger charge is -2.31. The summed E-state index contributed by atoms with van der Waals surface area (Å²) in [4.78, 5) is 11.9. The van der Waals surface area contributed by atoms with Crippen molar-refractivity contribution >= 4 is 29.5 Å². The Morgan fingerprint density at radius 1 is 1.45 bits per heavy atom. The zero-order valence-corrected chi connectivity index (χ0v) is 13.6. The first-order chi connectivity index (χ1) is 9.74. The number of esters is 1. The minimum atomic E-state index is -0.282. The first-order valence-electron chi connectivity index (χ1n) is 7.03. The van der Waals surface area contributed by atoms with Crippen LogP contribution >= 0.6 is 23.5 Å². The SMILES string of the molecule is CCO[C@H]1C[C@H](CC2SCCCS2)C(C(=O)OC)=CO1. The first kappa shape index (κ1) is 16.0. The molecule has 114 valence electrons. The second kappa shape index (κ2) is 8.20. The zero-order valence-electron chi connectivity index (χ0n) is 12.0. The number of ether oxygens (including phenoxy) is 3. The maximum Gasteiger partial charge on any atom is 0.337 e. The summed E-state index contributed by atoms with van der Waals surface area (Å²) < 4.78 is 16.4. The van der Waals surface area contributed by atoms with E-state index >= 15 is 0 Å². The first-order valence-corrected chi connectivity index (χ1v) is 9.13. The van der Waals surface area contributed by atoms with E-state index in [0.717, 1.165) is 12.8 Å². The van der Waals surface area contributed by atoms with E-state index in [1.54, 1.807) is 6.26 Å². The summed E-state index contributed by atoms with van der Waals surface area (Å²) in [6.45, 7) is 2.57. The van der Waals surface area contributed by atoms with Crippen molar-refractivity contribution < 1.29 is 19.0 Å². The average molecular weight is 318 g/mol. The highest BCUT2D eigenvalue weighted by Gasteiger charge is 2.33. The summed E-state index contributed by atoms with van der Waals surface area (Å²) in [6, 6.07) is 0. The molecule has 2 aliphatic heterocycles. The second-order valence-electron chi connectivity index (χ2n) is 4.78. The van der Waals surface area contributed by atoms with E-state index in [1.807, 2.05) is 30.4 Å². The van der Waals surface area contributed by atoms with Gasteiger partial charge in [-0.05, 0) is 31.3 Å². The smallest absolute Gasteiger partial charge is 0.337 e. The summed E-state index contributed by atoms with van der Waals surface area (Å²) in [5.74, 6) is 2.31. The molecule has 1 fully saturated rings. The van der Waals surface area contributed by atoms with Gasteiger partial charge in [0.25, 0.3) is 0 Å². The molecule has 1 saturated heterocycles. The molecular formula is C14H22O4S2. The molecule has 0 bridgehead atoms. The van der Waals surface area contributed by atoms with E-state index in [4.69, 9.17) is 14.2 Å². The van der Waals surface area contributed by atoms with E-state index in [0.29, 0.717) is 16.8 Å². The molecule has 6 heteroatoms. The largest absolute Gasteiger partial charge is 0.472 e. The summed E-state index contributed by atoms with van der Waals surface area (Å²) in [7, 11) is 1.42. The molecule has 0 aromatic rings. The van der Waals surface area contributed by atoms with Gasteiger partial charge in [-0.3, -0.25) is 0 Å². The molecule has 0 aromatic heterocycles. The molecule has 0 amide bonds. The Kier molecular flexibility index (Phi) is 6.58. The topological polar surface area (TPSA) is 44.8 Å². The Morgan fingerprint density at radius 3 is 2.85 bits per heavy atom. The standard InChI is InChI=1S/C14H22O4S2/c1-3-17-12-7-10(8-13-19-5-4-6-20-13)11(9-18-12)14(15)16-2/h9-10,12-13H,3-8H2,1-2H3/t10-,12-/m1/s1. The van der Waals surface area contributed by atoms with E-state index < -0.39 is 0 Å². The molecule has 0 radical (unpaired) electrons. The average Bonchev–Trinajstić information content (AvgIpc) is 2.48. The van der Waals surface area contributed by atoms with Crippen molar-refractivity contribution in [3.05, 3.63) is 11.8 Å². The van der Waals surface area contributed by atoms with Crippen LogP contribution in [0.15, 0.2) is 11.8 Å². The van der Waals surface area contributed by atoms with Gasteiger partial charge in [0.2, 0.25) is 0 Å². The highest BCUT2D eigenvalue weighted by Crippen LogP contribution is 2.39. The third-order valence-corrected chi connectivity index (χ3v) is 6.40. The van der Waals surface area contributed by atoms with Crippen molar-refractivity contribution in [3.63, 3.8) is 0 Å². The van der Waals surface area contributed by atoms with Crippen LogP contribution in [-0.4, -0.2) is 42.1 Å². The van der Waals surface area contributed by atoms with Crippen molar-refractivity contribution in [2.24, 2.45) is 5.92 Å². The molecule has 4 nitrogen and oxygen atoms in total. The molecule has 0 spiro atoms. The summed E-state index contributed by atoms with van der Waals surface area (Å²) in [6.07, 6.45) is 4.28. The van der Waals surface area contributed by atoms with Crippen molar-refractivity contribution in [2.45, 2.75) is 37.1 Å². The third-order valence-electron chi connectivity index (χ3n) is 3.41. The lowest BCUT2D eigenvalue weighted by atomic mass is 9.92. The van der Waals surface area contributed by atoms with E-state index in [9.17, 15) is 4.79 Å². The zero-order chi connectivity index (χ0) is 14.4. The fraction of sp³-hybridized carbons (Fsp3) is 0.786. The van der Waals surface area contributed by atoms with E-state index in [-0.39, 0.29) is 18.2 Å². The lowest BCUT2D eigenvalue weighted by Crippen LogP contribution is -2.30. The number of carbonyl (C=O) groups excluding carboxylic acids is 1. The van der Waals surface area contributed by atoms with Gasteiger partial charge in [0.15, 0.2) is 6.29 Å². The Bertz CT molecular complexity index is 353. The van der Waals surface area contributed by atoms with Crippen LogP contribution in [0.4, 0.5) is 0 Å². The number of hydrogen-bond acceptors (Lipinski definition) is 6. The van der Waals surface area contributed by atoms with Crippen molar-refractivity contribution in [1.29, 1.82) is 0 Å². The molecule has 20 heavy (non-hydrogen) atoms. The number of carbonyl (C=O) groups is 1. The Hall–Kier alpha value is -0.330. The van der Waals surface area contributed by atoms with E-state index in [1.165, 1.54) is 25.0 Å². The normalized spacial score (nSPS) is 27.6. The highest BCUT2D eigenvalue weighted by molar-refractivity contribution is 8.17. The third kappa shape index (κ3) is 4.33. The van der Waals surface area contributed by atoms with Crippen LogP contribution in [0, 0.1) is 5.92 Å². The molecule has 0 saturated carbocycles. The van der Waals surface area contributed by atoms with Gasteiger partial charge in [-0.2, -0.15) is 0 Å². The van der Waals surface area contributed by atoms with Crippen LogP contribution < -0.4 is 0 Å². The number of methoxy groups -OCH3 is 1. The van der Waals surface area contributed by atoms with Gasteiger partial charge in [0.1, 0.15) is 0 Å². The monoisotopic (exact) mass is 318 g/mol. The van der Waals surface area contributed by atoms with Gasteiger partial charge in [-0.25, -0.2) is 4.79 Å². The molecule has 2 rings (SSSR count). The molecule has 2 atom stereocenters. The number of rotatable bonds is 5. The highest BCUT2D eigenvalue weighted by atomic mass is 32.2. The van der Waals surface area contributed by atoms with Crippen LogP contribution in [0.5, 0.6) is 0 Å². The lowest BCUT2D eigenvalue weighted by molar-refractivity contribution is -0.143. The molecule has 0 aliphatic carbocycles. The predicted molar refractivity (Wildman–Crippen MR) is 82.6 cm³/mol. The molecule has 2 heterocycles. The van der Waals surface area contributed by atoms with Crippen LogP contribution in [-0.2, 0) is 19.0 Å². The van der Waals surface area contributed by atoms with Gasteiger partial charge in [0.05, 0.1) is 23.5 Å². The fourth-order valence-electron chi connectivity index (χ4n) is 2.41. The quantitative estimate of drug-likeness (QED) is 0.726. The van der Waals surface area contributed by atoms with Gasteiger partial charge >= 0.3 is 5.97 Å². The van der Waals surface area contributed by atoms with Crippen molar-refractivity contribution in [1.82, 2.24) is 0 Å². The van der Waals surface area contributed by atoms with Crippen LogP contribution in [0.1, 0.15) is 26.2 Å². The Balaban J connectivity index is 2.01. The van der Waals surface area contributed by atoms with Gasteiger partial charge in [-0.15, -0.1) is 23.5 Å². The summed E-state index contributed by atoms with van der Waals surface area (Å²) in [5, 5.41) is 0. The van der Waals surface area contributed by atoms with Crippen LogP contribution in [0.25, 0.3) is 0 Å². The minimum absolute atomic E-state index is 0.163. The van der Waals surface area contributed by atoms with Gasteiger partial charge in [0, 0.05) is 18.9 Å². The summed E-state index contributed by atoms with van der Waals surface area (Å²) >= 11 is 3.99. The minimum Gasteiger partial charge on any atom is -0.472 e. The molecule has 0 aromatic carbocycles. The maximum atomic E-state index is 11.9. The van der Waals surface area contributed by atoms with Crippen molar-refractivity contribution in [3.8, 4) is 0 Å². The Morgan fingerprint density at radius 2 is 2.20 bits per heavy atom. The fourth-order valence-corrected chi connectivity index (χ4v) is 5.44. The molecule has 0 unspecified atom stereocenters. The van der Waals surface area contributed by atoms with Crippen LogP contribution in [0.3, 0.4) is 0 Å². The number of hydrogen-bond donors (Lipinski definition) is 0. The summed E-state index contributed by atoms with van der Waals surface area (Å²) in [5.41, 5.74) is 0.648. The van der Waals surface area contributed by atoms with Crippen molar-refractivity contribution in [2.75, 3.05) is 25.2 Å². The van der Waals surface area contributed by atoms with Gasteiger partial charge < -0.3 is 14.2 Å². The van der Waals surface area contributed by atoms with Crippen LogP contribution in [0.2, 0.25) is 0 Å². The molecular weight excluding hydrogens is 296 g/mol. The predicted octanol–water partition coefficient (Wildman–Crippen LogP) is 3.03. The van der Waals surface area contributed by atoms with E-state index in [2.05, 4.69) is 0 Å². The molecule has 2 aliphatic rings. The second-order valence-corrected chi connectivity index (χ2v) is 7.70. The molecule has 0 N–H and O–H groups in total. The Labute approximate surface area is 129 Å². The number of thioether (sulfide) groups is 2.